The number of para-hydroxylation sites is 1. The summed E-state index contributed by atoms with van der Waals surface area (Å²) in [5, 5.41) is 11.9. The Kier molecular flexibility index (Phi) is 3.65. The van der Waals surface area contributed by atoms with Crippen molar-refractivity contribution in [2.75, 3.05) is 0 Å². The fourth-order valence-electron chi connectivity index (χ4n) is 1.75. The molecule has 19 heavy (non-hydrogen) atoms. The third-order valence-corrected chi connectivity index (χ3v) is 2.76. The molecule has 1 aromatic rings. The zero-order valence-corrected chi connectivity index (χ0v) is 9.97. The van der Waals surface area contributed by atoms with Crippen molar-refractivity contribution in [3.63, 3.8) is 0 Å². The van der Waals surface area contributed by atoms with Crippen molar-refractivity contribution in [1.29, 1.82) is 0 Å². The zero-order valence-electron chi connectivity index (χ0n) is 9.97. The molecule has 7 nitrogen and oxygen atoms in total. The third-order valence-electron chi connectivity index (χ3n) is 2.76. The minimum Gasteiger partial charge on any atom is -0.507 e. The molecule has 0 bridgehead atoms. The topological polar surface area (TPSA) is 108 Å². The number of benzene rings is 1. The summed E-state index contributed by atoms with van der Waals surface area (Å²) in [6.07, 6.45) is 0.697. The number of amides is 3. The molecule has 100 valence electrons. The molecular formula is C12H13N3O4. The number of hydrazine groups is 1. The number of rotatable bonds is 2. The van der Waals surface area contributed by atoms with Crippen molar-refractivity contribution in [2.45, 2.75) is 18.9 Å². The minimum atomic E-state index is -0.629. The van der Waals surface area contributed by atoms with Crippen LogP contribution in [-0.4, -0.2) is 28.9 Å². The number of carbonyl (C=O) groups excluding carboxylic acids is 3. The first-order valence-corrected chi connectivity index (χ1v) is 5.75. The van der Waals surface area contributed by atoms with E-state index in [0.717, 1.165) is 0 Å². The molecule has 0 saturated carbocycles. The van der Waals surface area contributed by atoms with Gasteiger partial charge in [-0.1, -0.05) is 12.1 Å². The van der Waals surface area contributed by atoms with Gasteiger partial charge in [-0.05, 0) is 18.6 Å². The highest BCUT2D eigenvalue weighted by Gasteiger charge is 2.27. The van der Waals surface area contributed by atoms with Crippen LogP contribution >= 0.6 is 0 Å². The molecule has 0 spiro atoms. The lowest BCUT2D eigenvalue weighted by Gasteiger charge is -2.12. The van der Waals surface area contributed by atoms with Gasteiger partial charge in [0.2, 0.25) is 5.91 Å². The van der Waals surface area contributed by atoms with Gasteiger partial charge in [-0.2, -0.15) is 0 Å². The number of phenolic OH excluding ortho intramolecular Hbond substituents is 1. The average Bonchev–Trinajstić information content (AvgIpc) is 2.83. The lowest BCUT2D eigenvalue weighted by molar-refractivity contribution is -0.126. The summed E-state index contributed by atoms with van der Waals surface area (Å²) < 4.78 is 0. The van der Waals surface area contributed by atoms with Crippen LogP contribution in [0.5, 0.6) is 5.75 Å². The van der Waals surface area contributed by atoms with E-state index in [1.54, 1.807) is 12.1 Å². The Hall–Kier alpha value is -2.57. The van der Waals surface area contributed by atoms with Crippen molar-refractivity contribution >= 4 is 17.7 Å². The van der Waals surface area contributed by atoms with Crippen LogP contribution in [0.25, 0.3) is 0 Å². The lowest BCUT2D eigenvalue weighted by Crippen LogP contribution is -2.49. The Balaban J connectivity index is 1.89. The van der Waals surface area contributed by atoms with Crippen LogP contribution in [0.3, 0.4) is 0 Å². The largest absolute Gasteiger partial charge is 0.507 e. The Bertz CT molecular complexity index is 529. The maximum atomic E-state index is 11.7. The van der Waals surface area contributed by atoms with Crippen molar-refractivity contribution in [3.05, 3.63) is 29.8 Å². The van der Waals surface area contributed by atoms with Crippen LogP contribution in [0, 0.1) is 0 Å². The van der Waals surface area contributed by atoms with E-state index in [0.29, 0.717) is 12.8 Å². The van der Waals surface area contributed by atoms with E-state index in [-0.39, 0.29) is 17.2 Å². The summed E-state index contributed by atoms with van der Waals surface area (Å²) in [5.74, 6) is -1.49. The summed E-state index contributed by atoms with van der Waals surface area (Å²) >= 11 is 0. The van der Waals surface area contributed by atoms with Crippen LogP contribution in [0.15, 0.2) is 24.3 Å². The highest BCUT2D eigenvalue weighted by Crippen LogP contribution is 2.14. The molecule has 4 N–H and O–H groups in total. The van der Waals surface area contributed by atoms with Gasteiger partial charge in [0, 0.05) is 6.42 Å². The molecule has 0 aliphatic carbocycles. The molecule has 1 heterocycles. The first-order valence-electron chi connectivity index (χ1n) is 5.75. The molecule has 1 saturated heterocycles. The summed E-state index contributed by atoms with van der Waals surface area (Å²) in [4.78, 5) is 34.2. The van der Waals surface area contributed by atoms with Crippen LogP contribution in [0.2, 0.25) is 0 Å². The molecule has 0 radical (unpaired) electrons. The summed E-state index contributed by atoms with van der Waals surface area (Å²) in [6, 6.07) is 5.34. The molecule has 1 unspecified atom stereocenters. The zero-order chi connectivity index (χ0) is 13.8. The van der Waals surface area contributed by atoms with E-state index in [1.165, 1.54) is 12.1 Å². The predicted octanol–water partition coefficient (Wildman–Crippen LogP) is -0.568. The maximum Gasteiger partial charge on any atom is 0.273 e. The van der Waals surface area contributed by atoms with Crippen LogP contribution in [0.1, 0.15) is 23.2 Å². The van der Waals surface area contributed by atoms with Gasteiger partial charge < -0.3 is 10.4 Å². The smallest absolute Gasteiger partial charge is 0.273 e. The molecule has 1 aliphatic heterocycles. The fourth-order valence-corrected chi connectivity index (χ4v) is 1.75. The summed E-state index contributed by atoms with van der Waals surface area (Å²) in [7, 11) is 0. The van der Waals surface area contributed by atoms with Crippen molar-refractivity contribution in [3.8, 4) is 5.75 Å². The lowest BCUT2D eigenvalue weighted by atomic mass is 10.2. The Morgan fingerprint density at radius 1 is 1.26 bits per heavy atom. The molecular weight excluding hydrogens is 250 g/mol. The second-order valence-corrected chi connectivity index (χ2v) is 4.12. The molecule has 0 aromatic heterocycles. The van der Waals surface area contributed by atoms with Gasteiger partial charge >= 0.3 is 0 Å². The molecule has 3 amide bonds. The Labute approximate surface area is 109 Å². The van der Waals surface area contributed by atoms with E-state index >= 15 is 0 Å². The molecule has 7 heteroatoms. The minimum absolute atomic E-state index is 0.0539. The van der Waals surface area contributed by atoms with E-state index < -0.39 is 17.9 Å². The van der Waals surface area contributed by atoms with Gasteiger partial charge in [0.1, 0.15) is 11.8 Å². The van der Waals surface area contributed by atoms with E-state index in [9.17, 15) is 19.5 Å². The van der Waals surface area contributed by atoms with Crippen LogP contribution < -0.4 is 16.2 Å². The summed E-state index contributed by atoms with van der Waals surface area (Å²) in [5.41, 5.74) is 4.44. The monoisotopic (exact) mass is 263 g/mol. The summed E-state index contributed by atoms with van der Waals surface area (Å²) in [6.45, 7) is 0. The third kappa shape index (κ3) is 3.01. The van der Waals surface area contributed by atoms with Gasteiger partial charge in [-0.15, -0.1) is 0 Å². The van der Waals surface area contributed by atoms with E-state index in [2.05, 4.69) is 16.2 Å². The van der Waals surface area contributed by atoms with Gasteiger partial charge in [-0.25, -0.2) is 0 Å². The molecule has 1 aromatic carbocycles. The van der Waals surface area contributed by atoms with Crippen LogP contribution in [0.4, 0.5) is 0 Å². The normalized spacial score (nSPS) is 17.7. The number of phenols is 1. The van der Waals surface area contributed by atoms with Gasteiger partial charge in [0.05, 0.1) is 5.56 Å². The number of nitrogens with one attached hydrogen (secondary N) is 3. The SMILES string of the molecule is O=C1CCC(C(=O)NNC(=O)c2ccccc2O)N1. The highest BCUT2D eigenvalue weighted by molar-refractivity contribution is 5.98. The first kappa shape index (κ1) is 12.9. The van der Waals surface area contributed by atoms with Crippen molar-refractivity contribution in [2.24, 2.45) is 0 Å². The fraction of sp³-hybridized carbons (Fsp3) is 0.250. The molecule has 1 fully saturated rings. The Morgan fingerprint density at radius 2 is 2.00 bits per heavy atom. The highest BCUT2D eigenvalue weighted by atomic mass is 16.3. The van der Waals surface area contributed by atoms with E-state index in [1.807, 2.05) is 0 Å². The van der Waals surface area contributed by atoms with Crippen molar-refractivity contribution in [1.82, 2.24) is 16.2 Å². The predicted molar refractivity (Wildman–Crippen MR) is 64.9 cm³/mol. The van der Waals surface area contributed by atoms with Crippen LogP contribution in [-0.2, 0) is 9.59 Å². The van der Waals surface area contributed by atoms with Crippen molar-refractivity contribution < 1.29 is 19.5 Å². The maximum absolute atomic E-state index is 11.7. The quantitative estimate of drug-likeness (QED) is 0.536. The van der Waals surface area contributed by atoms with Gasteiger partial charge in [0.15, 0.2) is 0 Å². The second-order valence-electron chi connectivity index (χ2n) is 4.12. The second kappa shape index (κ2) is 5.38. The molecule has 2 rings (SSSR count). The molecule has 1 atom stereocenters. The number of hydrogen-bond donors (Lipinski definition) is 4. The average molecular weight is 263 g/mol. The van der Waals surface area contributed by atoms with E-state index in [4.69, 9.17) is 0 Å². The van der Waals surface area contributed by atoms with Gasteiger partial charge in [-0.3, -0.25) is 25.2 Å². The standard InChI is InChI=1S/C12H13N3O4/c16-9-4-2-1-3-7(9)11(18)14-15-12(19)8-5-6-10(17)13-8/h1-4,8,16H,5-6H2,(H,13,17)(H,14,18)(H,15,19). The molecule has 1 aliphatic rings. The Morgan fingerprint density at radius 3 is 2.63 bits per heavy atom. The number of hydrogen-bond acceptors (Lipinski definition) is 4. The number of aromatic hydroxyl groups is 1. The van der Waals surface area contributed by atoms with Gasteiger partial charge in [0.25, 0.3) is 11.8 Å². The first-order chi connectivity index (χ1) is 9.08. The number of carbonyl (C=O) groups is 3.